The summed E-state index contributed by atoms with van der Waals surface area (Å²) >= 11 is 0. The highest BCUT2D eigenvalue weighted by Crippen LogP contribution is 2.33. The Morgan fingerprint density at radius 2 is 2.25 bits per heavy atom. The smallest absolute Gasteiger partial charge is 0.209 e. The van der Waals surface area contributed by atoms with E-state index >= 15 is 0 Å². The molecule has 1 aliphatic heterocycles. The minimum absolute atomic E-state index is 0.0178. The van der Waals surface area contributed by atoms with Crippen LogP contribution in [0.5, 0.6) is 5.75 Å². The predicted molar refractivity (Wildman–Crippen MR) is 79.2 cm³/mol. The second-order valence-corrected chi connectivity index (χ2v) is 6.95. The molecule has 0 radical (unpaired) electrons. The predicted octanol–water partition coefficient (Wildman–Crippen LogP) is 1.48. The van der Waals surface area contributed by atoms with E-state index in [4.69, 9.17) is 9.88 Å². The Morgan fingerprint density at radius 3 is 3.00 bits per heavy atom. The number of fused-ring (bicyclic) bond motifs is 1. The molecule has 1 unspecified atom stereocenters. The summed E-state index contributed by atoms with van der Waals surface area (Å²) in [5, 5.41) is 8.42. The Balaban J connectivity index is 2.00. The van der Waals surface area contributed by atoms with Crippen molar-refractivity contribution < 1.29 is 13.2 Å². The van der Waals surface area contributed by atoms with Crippen LogP contribution in [0.3, 0.4) is 0 Å². The second kappa shape index (κ2) is 6.56. The highest BCUT2D eigenvalue weighted by atomic mass is 32.2. The van der Waals surface area contributed by atoms with Crippen LogP contribution in [-0.2, 0) is 10.0 Å². The van der Waals surface area contributed by atoms with Crippen LogP contribution in [0.2, 0.25) is 0 Å². The van der Waals surface area contributed by atoms with E-state index < -0.39 is 10.0 Å². The van der Waals surface area contributed by atoms with Gasteiger partial charge in [-0.25, -0.2) is 13.6 Å². The molecule has 0 saturated heterocycles. The maximum absolute atomic E-state index is 10.9. The van der Waals surface area contributed by atoms with Crippen molar-refractivity contribution in [3.63, 3.8) is 0 Å². The Labute approximate surface area is 120 Å². The van der Waals surface area contributed by atoms with E-state index in [1.54, 1.807) is 0 Å². The van der Waals surface area contributed by atoms with Crippen LogP contribution in [-0.4, -0.2) is 27.3 Å². The van der Waals surface area contributed by atoms with Crippen molar-refractivity contribution in [3.05, 3.63) is 29.3 Å². The lowest BCUT2D eigenvalue weighted by molar-refractivity contribution is 0.313. The molecule has 0 amide bonds. The summed E-state index contributed by atoms with van der Waals surface area (Å²) in [5.41, 5.74) is 2.30. The van der Waals surface area contributed by atoms with Gasteiger partial charge < -0.3 is 10.1 Å². The standard InChI is InChI=1S/C14H22N2O3S/c1-11-5-2-6-12-13(7-3-9-19-14(11)12)16-8-4-10-20(15,17)18/h2,5-6,13,16H,3-4,7-10H2,1H3,(H2,15,17,18). The van der Waals surface area contributed by atoms with Crippen LogP contribution in [0.4, 0.5) is 0 Å². The SMILES string of the molecule is Cc1cccc2c1OCCCC2NCCCS(N)(=O)=O. The molecule has 0 spiro atoms. The van der Waals surface area contributed by atoms with Gasteiger partial charge in [0.15, 0.2) is 0 Å². The van der Waals surface area contributed by atoms with E-state index in [-0.39, 0.29) is 11.8 Å². The molecule has 0 aromatic heterocycles. The average molecular weight is 298 g/mol. The van der Waals surface area contributed by atoms with Gasteiger partial charge >= 0.3 is 0 Å². The van der Waals surface area contributed by atoms with Crippen molar-refractivity contribution in [1.29, 1.82) is 0 Å². The fourth-order valence-corrected chi connectivity index (χ4v) is 3.07. The van der Waals surface area contributed by atoms with Crippen molar-refractivity contribution in [2.45, 2.75) is 32.2 Å². The zero-order valence-electron chi connectivity index (χ0n) is 11.8. The monoisotopic (exact) mass is 298 g/mol. The van der Waals surface area contributed by atoms with Crippen LogP contribution >= 0.6 is 0 Å². The summed E-state index contributed by atoms with van der Waals surface area (Å²) in [7, 11) is -3.37. The molecular formula is C14H22N2O3S. The molecule has 112 valence electrons. The third kappa shape index (κ3) is 4.19. The summed E-state index contributed by atoms with van der Waals surface area (Å²) in [6, 6.07) is 6.36. The first-order valence-corrected chi connectivity index (χ1v) is 8.65. The van der Waals surface area contributed by atoms with Crippen molar-refractivity contribution in [2.75, 3.05) is 18.9 Å². The van der Waals surface area contributed by atoms with Gasteiger partial charge in [-0.2, -0.15) is 0 Å². The third-order valence-corrected chi connectivity index (χ3v) is 4.36. The molecule has 2 rings (SSSR count). The molecule has 1 atom stereocenters. The average Bonchev–Trinajstić information content (AvgIpc) is 2.57. The van der Waals surface area contributed by atoms with E-state index in [2.05, 4.69) is 11.4 Å². The zero-order chi connectivity index (χ0) is 14.6. The topological polar surface area (TPSA) is 81.4 Å². The molecule has 0 saturated carbocycles. The molecule has 0 aliphatic carbocycles. The quantitative estimate of drug-likeness (QED) is 0.807. The normalized spacial score (nSPS) is 19.0. The number of hydrogen-bond donors (Lipinski definition) is 2. The first-order chi connectivity index (χ1) is 9.47. The fourth-order valence-electron chi connectivity index (χ4n) is 2.53. The Bertz CT molecular complexity index is 558. The zero-order valence-corrected chi connectivity index (χ0v) is 12.6. The van der Waals surface area contributed by atoms with E-state index in [1.807, 2.05) is 19.1 Å². The van der Waals surface area contributed by atoms with Gasteiger partial charge in [-0.3, -0.25) is 0 Å². The molecule has 1 aromatic rings. The fraction of sp³-hybridized carbons (Fsp3) is 0.571. The summed E-state index contributed by atoms with van der Waals surface area (Å²) in [5.74, 6) is 0.984. The van der Waals surface area contributed by atoms with Crippen LogP contribution < -0.4 is 15.2 Å². The van der Waals surface area contributed by atoms with Gasteiger partial charge in [0.25, 0.3) is 0 Å². The number of rotatable bonds is 5. The van der Waals surface area contributed by atoms with Crippen LogP contribution in [0, 0.1) is 6.92 Å². The van der Waals surface area contributed by atoms with Crippen LogP contribution in [0.1, 0.15) is 36.4 Å². The van der Waals surface area contributed by atoms with Gasteiger partial charge in [0, 0.05) is 11.6 Å². The van der Waals surface area contributed by atoms with Gasteiger partial charge in [0.05, 0.1) is 12.4 Å². The van der Waals surface area contributed by atoms with E-state index in [1.165, 1.54) is 0 Å². The maximum atomic E-state index is 10.9. The maximum Gasteiger partial charge on any atom is 0.209 e. The lowest BCUT2D eigenvalue weighted by atomic mass is 10.00. The van der Waals surface area contributed by atoms with Crippen molar-refractivity contribution in [1.82, 2.24) is 5.32 Å². The number of sulfonamides is 1. The van der Waals surface area contributed by atoms with Crippen LogP contribution in [0.15, 0.2) is 18.2 Å². The van der Waals surface area contributed by atoms with Gasteiger partial charge in [-0.05, 0) is 38.3 Å². The number of para-hydroxylation sites is 1. The molecule has 1 aliphatic rings. The molecule has 0 fully saturated rings. The molecule has 1 heterocycles. The molecule has 20 heavy (non-hydrogen) atoms. The summed E-state index contributed by atoms with van der Waals surface area (Å²) < 4.78 is 27.6. The molecule has 0 bridgehead atoms. The highest BCUT2D eigenvalue weighted by molar-refractivity contribution is 7.89. The minimum Gasteiger partial charge on any atom is -0.493 e. The van der Waals surface area contributed by atoms with E-state index in [0.717, 1.165) is 36.3 Å². The Hall–Kier alpha value is -1.11. The Kier molecular flexibility index (Phi) is 5.01. The van der Waals surface area contributed by atoms with Crippen molar-refractivity contribution in [2.24, 2.45) is 5.14 Å². The number of ether oxygens (including phenoxy) is 1. The molecule has 3 N–H and O–H groups in total. The Morgan fingerprint density at radius 1 is 1.45 bits per heavy atom. The number of benzene rings is 1. The lowest BCUT2D eigenvalue weighted by Crippen LogP contribution is -2.25. The molecular weight excluding hydrogens is 276 g/mol. The van der Waals surface area contributed by atoms with Gasteiger partial charge in [-0.1, -0.05) is 18.2 Å². The molecule has 5 nitrogen and oxygen atoms in total. The summed E-state index contributed by atoms with van der Waals surface area (Å²) in [6.07, 6.45) is 2.50. The van der Waals surface area contributed by atoms with Crippen molar-refractivity contribution in [3.8, 4) is 5.75 Å². The first-order valence-electron chi connectivity index (χ1n) is 6.93. The second-order valence-electron chi connectivity index (χ2n) is 5.21. The number of primary sulfonamides is 1. The van der Waals surface area contributed by atoms with Crippen LogP contribution in [0.25, 0.3) is 0 Å². The molecule has 6 heteroatoms. The molecule has 1 aromatic carbocycles. The van der Waals surface area contributed by atoms with Gasteiger partial charge in [-0.15, -0.1) is 0 Å². The van der Waals surface area contributed by atoms with E-state index in [9.17, 15) is 8.42 Å². The number of nitrogens with one attached hydrogen (secondary N) is 1. The minimum atomic E-state index is -3.37. The highest BCUT2D eigenvalue weighted by Gasteiger charge is 2.20. The third-order valence-electron chi connectivity index (χ3n) is 3.50. The van der Waals surface area contributed by atoms with Gasteiger partial charge in [0.1, 0.15) is 5.75 Å². The number of aryl methyl sites for hydroxylation is 1. The first kappa shape index (κ1) is 15.3. The summed E-state index contributed by atoms with van der Waals surface area (Å²) in [4.78, 5) is 0. The number of hydrogen-bond acceptors (Lipinski definition) is 4. The van der Waals surface area contributed by atoms with Crippen molar-refractivity contribution >= 4 is 10.0 Å². The lowest BCUT2D eigenvalue weighted by Gasteiger charge is -2.19. The number of nitrogens with two attached hydrogens (primary N) is 1. The van der Waals surface area contributed by atoms with E-state index in [0.29, 0.717) is 13.0 Å². The van der Waals surface area contributed by atoms with Gasteiger partial charge in [0.2, 0.25) is 10.0 Å². The summed E-state index contributed by atoms with van der Waals surface area (Å²) in [6.45, 7) is 3.41. The largest absolute Gasteiger partial charge is 0.493 e.